The summed E-state index contributed by atoms with van der Waals surface area (Å²) in [5.74, 6) is 2.99. The quantitative estimate of drug-likeness (QED) is 0.380. The zero-order valence-electron chi connectivity index (χ0n) is 16.7. The lowest BCUT2D eigenvalue weighted by Crippen LogP contribution is -2.28. The molecule has 1 aromatic heterocycles. The van der Waals surface area contributed by atoms with Gasteiger partial charge in [0.25, 0.3) is 10.0 Å². The summed E-state index contributed by atoms with van der Waals surface area (Å²) in [6.45, 7) is 2.19. The van der Waals surface area contributed by atoms with E-state index in [1.165, 1.54) is 4.31 Å². The van der Waals surface area contributed by atoms with E-state index in [4.69, 9.17) is 0 Å². The van der Waals surface area contributed by atoms with Gasteiger partial charge < -0.3 is 4.98 Å². The summed E-state index contributed by atoms with van der Waals surface area (Å²) < 4.78 is 27.9. The van der Waals surface area contributed by atoms with Crippen LogP contribution >= 0.6 is 0 Å². The Morgan fingerprint density at radius 3 is 2.37 bits per heavy atom. The van der Waals surface area contributed by atoms with Crippen molar-refractivity contribution in [3.05, 3.63) is 102 Å². The molecule has 0 radical (unpaired) electrons. The van der Waals surface area contributed by atoms with E-state index in [-0.39, 0.29) is 11.4 Å². The van der Waals surface area contributed by atoms with Crippen molar-refractivity contribution in [2.45, 2.75) is 18.2 Å². The van der Waals surface area contributed by atoms with Crippen LogP contribution in [0.1, 0.15) is 16.7 Å². The molecular formula is C25H22N2O2S. The molecule has 30 heavy (non-hydrogen) atoms. The molecular weight excluding hydrogens is 392 g/mol. The van der Waals surface area contributed by atoms with Crippen molar-refractivity contribution >= 4 is 20.9 Å². The number of nitrogens with one attached hydrogen (secondary N) is 1. The Balaban J connectivity index is 1.66. The number of nitrogens with zero attached hydrogens (tertiary/aromatic N) is 1. The fraction of sp³-hybridized carbons (Fsp3) is 0.120. The Bertz CT molecular complexity index is 1310. The highest BCUT2D eigenvalue weighted by Gasteiger charge is 2.22. The van der Waals surface area contributed by atoms with Gasteiger partial charge in [0.15, 0.2) is 0 Å². The number of aromatic amines is 1. The number of H-pyrrole nitrogens is 1. The fourth-order valence-corrected chi connectivity index (χ4v) is 4.51. The summed E-state index contributed by atoms with van der Waals surface area (Å²) in [6.07, 6.45) is 2.49. The normalized spacial score (nSPS) is 11.1. The maximum Gasteiger partial charge on any atom is 0.270 e. The molecule has 4 aromatic rings. The molecule has 0 atom stereocenters. The molecule has 150 valence electrons. The van der Waals surface area contributed by atoms with Gasteiger partial charge in [-0.1, -0.05) is 54.1 Å². The molecule has 5 heteroatoms. The predicted molar refractivity (Wildman–Crippen MR) is 120 cm³/mol. The first kappa shape index (κ1) is 19.8. The van der Waals surface area contributed by atoms with Gasteiger partial charge in [-0.05, 0) is 55.2 Å². The lowest BCUT2D eigenvalue weighted by Gasteiger charge is -2.18. The minimum atomic E-state index is -3.74. The monoisotopic (exact) mass is 414 g/mol. The number of sulfonamides is 1. The number of fused-ring (bicyclic) bond motifs is 1. The number of hydrogen-bond donors (Lipinski definition) is 1. The van der Waals surface area contributed by atoms with Crippen LogP contribution in [0, 0.1) is 18.9 Å². The molecule has 0 unspecified atom stereocenters. The Hall–Kier alpha value is -3.49. The van der Waals surface area contributed by atoms with Crippen molar-refractivity contribution in [1.29, 1.82) is 0 Å². The van der Waals surface area contributed by atoms with Crippen LogP contribution in [0.15, 0.2) is 90.0 Å². The fourth-order valence-electron chi connectivity index (χ4n) is 3.28. The maximum atomic E-state index is 13.3. The van der Waals surface area contributed by atoms with Gasteiger partial charge in [0, 0.05) is 35.3 Å². The third-order valence-electron chi connectivity index (χ3n) is 4.97. The highest BCUT2D eigenvalue weighted by atomic mass is 32.2. The molecule has 0 spiro atoms. The van der Waals surface area contributed by atoms with Gasteiger partial charge in [0.05, 0.1) is 4.90 Å². The predicted octanol–water partition coefficient (Wildman–Crippen LogP) is 4.72. The van der Waals surface area contributed by atoms with E-state index in [2.05, 4.69) is 16.9 Å². The second kappa shape index (κ2) is 8.48. The van der Waals surface area contributed by atoms with Crippen molar-refractivity contribution in [2.24, 2.45) is 0 Å². The number of benzene rings is 3. The zero-order valence-corrected chi connectivity index (χ0v) is 17.5. The Labute approximate surface area is 177 Å². The van der Waals surface area contributed by atoms with Gasteiger partial charge in [-0.2, -0.15) is 0 Å². The van der Waals surface area contributed by atoms with E-state index in [1.54, 1.807) is 24.3 Å². The van der Waals surface area contributed by atoms with Crippen LogP contribution in [-0.4, -0.2) is 24.3 Å². The summed E-state index contributed by atoms with van der Waals surface area (Å²) in [5, 5.41) is 1.10. The first-order chi connectivity index (χ1) is 14.5. The number of para-hydroxylation sites is 1. The second-order valence-corrected chi connectivity index (χ2v) is 8.96. The van der Waals surface area contributed by atoms with Crippen LogP contribution < -0.4 is 0 Å². The molecule has 4 nitrogen and oxygen atoms in total. The van der Waals surface area contributed by atoms with Crippen molar-refractivity contribution in [3.63, 3.8) is 0 Å². The molecule has 0 saturated heterocycles. The van der Waals surface area contributed by atoms with Gasteiger partial charge in [-0.25, -0.2) is 12.7 Å². The second-order valence-electron chi connectivity index (χ2n) is 7.10. The van der Waals surface area contributed by atoms with E-state index in [0.29, 0.717) is 6.42 Å². The van der Waals surface area contributed by atoms with Crippen LogP contribution in [0.4, 0.5) is 0 Å². The summed E-state index contributed by atoms with van der Waals surface area (Å²) in [7, 11) is -3.74. The van der Waals surface area contributed by atoms with Crippen LogP contribution in [0.2, 0.25) is 0 Å². The Morgan fingerprint density at radius 2 is 1.60 bits per heavy atom. The van der Waals surface area contributed by atoms with Gasteiger partial charge in [0.2, 0.25) is 0 Å². The van der Waals surface area contributed by atoms with Crippen molar-refractivity contribution < 1.29 is 8.42 Å². The SMILES string of the molecule is Cc1ccc(S(=O)(=O)N(C#Cc2ccccc2)CCc2c[nH]c3ccccc23)cc1. The lowest BCUT2D eigenvalue weighted by molar-refractivity contribution is 0.512. The van der Waals surface area contributed by atoms with E-state index in [9.17, 15) is 8.42 Å². The highest BCUT2D eigenvalue weighted by Crippen LogP contribution is 2.21. The Morgan fingerprint density at radius 1 is 0.900 bits per heavy atom. The molecule has 3 aromatic carbocycles. The smallest absolute Gasteiger partial charge is 0.270 e. The summed E-state index contributed by atoms with van der Waals surface area (Å²) in [4.78, 5) is 3.49. The number of aryl methyl sites for hydroxylation is 1. The topological polar surface area (TPSA) is 53.2 Å². The van der Waals surface area contributed by atoms with Crippen molar-refractivity contribution in [2.75, 3.05) is 6.54 Å². The zero-order chi connectivity index (χ0) is 21.0. The molecule has 4 rings (SSSR count). The molecule has 0 amide bonds. The average Bonchev–Trinajstić information content (AvgIpc) is 3.18. The standard InChI is InChI=1S/C25H22N2O2S/c1-20-11-13-23(14-12-20)30(28,29)27(17-15-21-7-3-2-4-8-21)18-16-22-19-26-25-10-6-5-9-24(22)25/h2-14,19,26H,16,18H2,1H3. The summed E-state index contributed by atoms with van der Waals surface area (Å²) in [5.41, 5.74) is 3.88. The average molecular weight is 415 g/mol. The Kier molecular flexibility index (Phi) is 5.60. The van der Waals surface area contributed by atoms with Crippen molar-refractivity contribution in [1.82, 2.24) is 9.29 Å². The third kappa shape index (κ3) is 4.24. The molecule has 0 aliphatic rings. The van der Waals surface area contributed by atoms with Crippen LogP contribution in [0.3, 0.4) is 0 Å². The highest BCUT2D eigenvalue weighted by molar-refractivity contribution is 7.89. The van der Waals surface area contributed by atoms with E-state index < -0.39 is 10.0 Å². The number of hydrogen-bond acceptors (Lipinski definition) is 2. The van der Waals surface area contributed by atoms with E-state index in [0.717, 1.165) is 27.6 Å². The first-order valence-corrected chi connectivity index (χ1v) is 11.2. The van der Waals surface area contributed by atoms with Gasteiger partial charge in [-0.3, -0.25) is 0 Å². The molecule has 0 aliphatic carbocycles. The lowest BCUT2D eigenvalue weighted by atomic mass is 10.1. The molecule has 1 N–H and O–H groups in total. The minimum Gasteiger partial charge on any atom is -0.361 e. The summed E-state index contributed by atoms with van der Waals surface area (Å²) in [6, 6.07) is 27.2. The van der Waals surface area contributed by atoms with Crippen LogP contribution in [0.25, 0.3) is 10.9 Å². The number of rotatable bonds is 5. The molecule has 0 bridgehead atoms. The maximum absolute atomic E-state index is 13.3. The molecule has 0 saturated carbocycles. The van der Waals surface area contributed by atoms with E-state index >= 15 is 0 Å². The van der Waals surface area contributed by atoms with Gasteiger partial charge in [0.1, 0.15) is 0 Å². The minimum absolute atomic E-state index is 0.245. The molecule has 1 heterocycles. The third-order valence-corrected chi connectivity index (χ3v) is 6.69. The van der Waals surface area contributed by atoms with Crippen LogP contribution in [-0.2, 0) is 16.4 Å². The molecule has 0 aliphatic heterocycles. The summed E-state index contributed by atoms with van der Waals surface area (Å²) >= 11 is 0. The molecule has 0 fully saturated rings. The van der Waals surface area contributed by atoms with Gasteiger partial charge in [-0.15, -0.1) is 0 Å². The first-order valence-electron chi connectivity index (χ1n) is 9.75. The van der Waals surface area contributed by atoms with Gasteiger partial charge >= 0.3 is 0 Å². The largest absolute Gasteiger partial charge is 0.361 e. The van der Waals surface area contributed by atoms with E-state index in [1.807, 2.05) is 67.7 Å². The van der Waals surface area contributed by atoms with Crippen LogP contribution in [0.5, 0.6) is 0 Å². The van der Waals surface area contributed by atoms with Crippen molar-refractivity contribution in [3.8, 4) is 12.0 Å². The number of aromatic nitrogens is 1.